The van der Waals surface area contributed by atoms with E-state index in [1.807, 2.05) is 38.1 Å². The molecule has 0 aliphatic heterocycles. The predicted molar refractivity (Wildman–Crippen MR) is 81.6 cm³/mol. The average molecular weight is 279 g/mol. The molecule has 1 aromatic heterocycles. The Bertz CT molecular complexity index is 674. The zero-order valence-electron chi connectivity index (χ0n) is 12.1. The normalized spacial score (nSPS) is 11.5. The van der Waals surface area contributed by atoms with Crippen molar-refractivity contribution in [2.24, 2.45) is 5.92 Å². The molecule has 0 saturated carbocycles. The lowest BCUT2D eigenvalue weighted by Crippen LogP contribution is -2.23. The first kappa shape index (κ1) is 14.7. The molecule has 0 aliphatic carbocycles. The maximum atomic E-state index is 12.2. The molecule has 2 aromatic rings. The number of carbonyl (C=O) groups excluding carboxylic acids is 1. The van der Waals surface area contributed by atoms with E-state index in [2.05, 4.69) is 16.4 Å². The van der Waals surface area contributed by atoms with Gasteiger partial charge < -0.3 is 5.32 Å². The van der Waals surface area contributed by atoms with Gasteiger partial charge in [-0.1, -0.05) is 23.8 Å². The Labute approximate surface area is 124 Å². The summed E-state index contributed by atoms with van der Waals surface area (Å²) in [5.74, 6) is -1.01. The van der Waals surface area contributed by atoms with E-state index in [4.69, 9.17) is 0 Å². The standard InChI is InChI=1S/C17H17N3O/c1-12-5-6-16(13(2)8-12)20-17(21)15(10-18)9-14-4-3-7-19-11-14/h3-8,11,15H,9H2,1-2H3,(H,20,21)/t15-/m0/s1. The molecule has 1 aromatic carbocycles. The minimum Gasteiger partial charge on any atom is -0.325 e. The summed E-state index contributed by atoms with van der Waals surface area (Å²) in [6, 6.07) is 11.5. The van der Waals surface area contributed by atoms with Crippen molar-refractivity contribution < 1.29 is 4.79 Å². The number of anilines is 1. The minimum absolute atomic E-state index is 0.284. The summed E-state index contributed by atoms with van der Waals surface area (Å²) < 4.78 is 0. The van der Waals surface area contributed by atoms with Crippen LogP contribution in [0.25, 0.3) is 0 Å². The molecule has 0 bridgehead atoms. The lowest BCUT2D eigenvalue weighted by Gasteiger charge is -2.12. The van der Waals surface area contributed by atoms with Gasteiger partial charge in [0.1, 0.15) is 5.92 Å². The Morgan fingerprint density at radius 3 is 2.81 bits per heavy atom. The van der Waals surface area contributed by atoms with E-state index in [-0.39, 0.29) is 5.91 Å². The highest BCUT2D eigenvalue weighted by Gasteiger charge is 2.19. The third-order valence-corrected chi connectivity index (χ3v) is 3.27. The molecule has 0 radical (unpaired) electrons. The molecule has 0 fully saturated rings. The summed E-state index contributed by atoms with van der Waals surface area (Å²) in [7, 11) is 0. The van der Waals surface area contributed by atoms with Crippen molar-refractivity contribution in [3.05, 3.63) is 59.4 Å². The molecule has 1 amide bonds. The molecule has 1 N–H and O–H groups in total. The number of hydrogen-bond donors (Lipinski definition) is 1. The average Bonchev–Trinajstić information content (AvgIpc) is 2.48. The fraction of sp³-hybridized carbons (Fsp3) is 0.235. The molecule has 4 heteroatoms. The number of carbonyl (C=O) groups is 1. The first-order valence-electron chi connectivity index (χ1n) is 6.77. The molecule has 4 nitrogen and oxygen atoms in total. The van der Waals surface area contributed by atoms with Crippen molar-refractivity contribution in [2.45, 2.75) is 20.3 Å². The van der Waals surface area contributed by atoms with Crippen LogP contribution in [0.1, 0.15) is 16.7 Å². The molecule has 106 valence electrons. The van der Waals surface area contributed by atoms with Crippen LogP contribution in [-0.4, -0.2) is 10.9 Å². The summed E-state index contributed by atoms with van der Waals surface area (Å²) in [5.41, 5.74) is 3.75. The van der Waals surface area contributed by atoms with Crippen LogP contribution in [0.3, 0.4) is 0 Å². The van der Waals surface area contributed by atoms with Crippen molar-refractivity contribution in [1.29, 1.82) is 5.26 Å². The number of nitrogens with one attached hydrogen (secondary N) is 1. The summed E-state index contributed by atoms with van der Waals surface area (Å²) in [6.45, 7) is 3.93. The molecule has 2 rings (SSSR count). The molecule has 0 unspecified atom stereocenters. The van der Waals surface area contributed by atoms with Gasteiger partial charge in [0.15, 0.2) is 0 Å². The highest BCUT2D eigenvalue weighted by molar-refractivity contribution is 5.94. The number of hydrogen-bond acceptors (Lipinski definition) is 3. The van der Waals surface area contributed by atoms with Gasteiger partial charge in [0.05, 0.1) is 6.07 Å². The monoisotopic (exact) mass is 279 g/mol. The van der Waals surface area contributed by atoms with Crippen molar-refractivity contribution in [1.82, 2.24) is 4.98 Å². The number of pyridine rings is 1. The highest BCUT2D eigenvalue weighted by Crippen LogP contribution is 2.18. The van der Waals surface area contributed by atoms with E-state index in [0.29, 0.717) is 6.42 Å². The van der Waals surface area contributed by atoms with Gasteiger partial charge in [0.2, 0.25) is 5.91 Å². The van der Waals surface area contributed by atoms with E-state index in [1.165, 1.54) is 0 Å². The molecule has 21 heavy (non-hydrogen) atoms. The first-order valence-corrected chi connectivity index (χ1v) is 6.77. The third kappa shape index (κ3) is 3.90. The molecular weight excluding hydrogens is 262 g/mol. The maximum Gasteiger partial charge on any atom is 0.242 e. The van der Waals surface area contributed by atoms with Crippen LogP contribution < -0.4 is 5.32 Å². The van der Waals surface area contributed by atoms with E-state index in [0.717, 1.165) is 22.4 Å². The molecule has 1 heterocycles. The number of aromatic nitrogens is 1. The van der Waals surface area contributed by atoms with Crippen molar-refractivity contribution in [3.63, 3.8) is 0 Å². The van der Waals surface area contributed by atoms with Gasteiger partial charge in [0.25, 0.3) is 0 Å². The number of benzene rings is 1. The van der Waals surface area contributed by atoms with Crippen LogP contribution in [0.15, 0.2) is 42.7 Å². The topological polar surface area (TPSA) is 65.8 Å². The van der Waals surface area contributed by atoms with E-state index < -0.39 is 5.92 Å². The number of rotatable bonds is 4. The van der Waals surface area contributed by atoms with Crippen LogP contribution in [0.2, 0.25) is 0 Å². The summed E-state index contributed by atoms with van der Waals surface area (Å²) in [4.78, 5) is 16.2. The Kier molecular flexibility index (Phi) is 4.68. The molecule has 1 atom stereocenters. The van der Waals surface area contributed by atoms with Gasteiger partial charge in [-0.15, -0.1) is 0 Å². The Hall–Kier alpha value is -2.67. The van der Waals surface area contributed by atoms with Gasteiger partial charge >= 0.3 is 0 Å². The minimum atomic E-state index is -0.727. The second-order valence-corrected chi connectivity index (χ2v) is 5.05. The Balaban J connectivity index is 2.09. The fourth-order valence-corrected chi connectivity index (χ4v) is 2.13. The SMILES string of the molecule is Cc1ccc(NC(=O)[C@H](C#N)Cc2cccnc2)c(C)c1. The maximum absolute atomic E-state index is 12.2. The largest absolute Gasteiger partial charge is 0.325 e. The molecule has 0 spiro atoms. The predicted octanol–water partition coefficient (Wildman–Crippen LogP) is 3.02. The van der Waals surface area contributed by atoms with Crippen LogP contribution in [-0.2, 0) is 11.2 Å². The lowest BCUT2D eigenvalue weighted by atomic mass is 10.0. The smallest absolute Gasteiger partial charge is 0.242 e. The van der Waals surface area contributed by atoms with Crippen LogP contribution in [0.5, 0.6) is 0 Å². The van der Waals surface area contributed by atoms with Gasteiger partial charge in [-0.25, -0.2) is 0 Å². The quantitative estimate of drug-likeness (QED) is 0.935. The number of aryl methyl sites for hydroxylation is 2. The van der Waals surface area contributed by atoms with Gasteiger partial charge in [-0.2, -0.15) is 5.26 Å². The van der Waals surface area contributed by atoms with Crippen molar-refractivity contribution in [3.8, 4) is 6.07 Å². The van der Waals surface area contributed by atoms with Crippen molar-refractivity contribution in [2.75, 3.05) is 5.32 Å². The molecular formula is C17H17N3O. The summed E-state index contributed by atoms with van der Waals surface area (Å²) in [6.07, 6.45) is 3.70. The fourth-order valence-electron chi connectivity index (χ4n) is 2.13. The molecule has 0 saturated heterocycles. The number of nitrogens with zero attached hydrogens (tertiary/aromatic N) is 2. The molecule has 0 aliphatic rings. The van der Waals surface area contributed by atoms with Crippen molar-refractivity contribution >= 4 is 11.6 Å². The van der Waals surface area contributed by atoms with Crippen LogP contribution in [0, 0.1) is 31.1 Å². The third-order valence-electron chi connectivity index (χ3n) is 3.27. The highest BCUT2D eigenvalue weighted by atomic mass is 16.1. The Morgan fingerprint density at radius 1 is 1.38 bits per heavy atom. The van der Waals surface area contributed by atoms with Crippen LogP contribution in [0.4, 0.5) is 5.69 Å². The summed E-state index contributed by atoms with van der Waals surface area (Å²) in [5, 5.41) is 12.0. The second kappa shape index (κ2) is 6.67. The second-order valence-electron chi connectivity index (χ2n) is 5.05. The van der Waals surface area contributed by atoms with Gasteiger partial charge in [-0.3, -0.25) is 9.78 Å². The summed E-state index contributed by atoms with van der Waals surface area (Å²) >= 11 is 0. The van der Waals surface area contributed by atoms with Crippen LogP contribution >= 0.6 is 0 Å². The van der Waals surface area contributed by atoms with E-state index >= 15 is 0 Å². The number of nitriles is 1. The van der Waals surface area contributed by atoms with E-state index in [9.17, 15) is 10.1 Å². The number of amides is 1. The lowest BCUT2D eigenvalue weighted by molar-refractivity contribution is -0.118. The van der Waals surface area contributed by atoms with Gasteiger partial charge in [0, 0.05) is 18.1 Å². The zero-order valence-corrected chi connectivity index (χ0v) is 12.1. The first-order chi connectivity index (χ1) is 10.1. The Morgan fingerprint density at radius 2 is 2.19 bits per heavy atom. The zero-order chi connectivity index (χ0) is 15.2. The van der Waals surface area contributed by atoms with Gasteiger partial charge in [-0.05, 0) is 43.5 Å². The van der Waals surface area contributed by atoms with E-state index in [1.54, 1.807) is 18.5 Å².